The molecule has 47 heavy (non-hydrogen) atoms. The zero-order valence-electron chi connectivity index (χ0n) is 21.1. The molecule has 0 aliphatic carbocycles. The average molecular weight is 720 g/mol. The SMILES string of the molecule is Fc1c(F)c(F)c(C2=C(c3c(F)c(F)c(F)c(F)c3F)[B@-](Cl)(c3c(F)c(F)c(F)c(F)c3F)c3c(F)c(F)c(F)c(F)c32)c(F)c1F. The van der Waals surface area contributed by atoms with E-state index in [1.54, 1.807) is 0 Å². The molecular weight excluding hydrogens is 720 g/mol. The molecule has 4 aromatic carbocycles. The minimum atomic E-state index is -5.94. The highest BCUT2D eigenvalue weighted by molar-refractivity contribution is 7.44. The smallest absolute Gasteiger partial charge is 0.200 e. The Morgan fingerprint density at radius 2 is 0.489 bits per heavy atom. The first-order valence-corrected chi connectivity index (χ1v) is 12.1. The van der Waals surface area contributed by atoms with Crippen LogP contribution in [0.5, 0.6) is 0 Å². The van der Waals surface area contributed by atoms with Gasteiger partial charge in [-0.25, -0.2) is 83.4 Å². The average Bonchev–Trinajstić information content (AvgIpc) is 3.29. The van der Waals surface area contributed by atoms with Crippen molar-refractivity contribution in [2.75, 3.05) is 0 Å². The molecule has 5 rings (SSSR count). The molecule has 0 N–H and O–H groups in total. The fraction of sp³-hybridized carbons (Fsp3) is 0. The van der Waals surface area contributed by atoms with Crippen molar-refractivity contribution in [2.24, 2.45) is 0 Å². The monoisotopic (exact) mass is 719 g/mol. The lowest BCUT2D eigenvalue weighted by Gasteiger charge is -2.37. The standard InChI is InChI=1S/C26BClF19/c28-27(7-14(35)22(43)26(47)23(44)15(7)36)5(4-11(32)19(40)25(46)20(41)12(4)33)1(2-6(27)13(34)21(42)16(37)8(2)29)3-9(30)17(38)24(45)18(39)10(3)31/q-1/t27-/m1/s1. The van der Waals surface area contributed by atoms with Crippen LogP contribution in [-0.2, 0) is 0 Å². The van der Waals surface area contributed by atoms with Gasteiger partial charge in [0.05, 0.1) is 5.56 Å². The summed E-state index contributed by atoms with van der Waals surface area (Å²) < 4.78 is 280. The third-order valence-electron chi connectivity index (χ3n) is 7.20. The number of halogens is 20. The molecule has 0 fully saturated rings. The zero-order chi connectivity index (χ0) is 35.5. The first-order valence-electron chi connectivity index (χ1n) is 11.7. The van der Waals surface area contributed by atoms with Gasteiger partial charge in [-0.15, -0.1) is 10.9 Å². The maximum Gasteiger partial charge on any atom is 0.200 e. The van der Waals surface area contributed by atoms with Crippen molar-refractivity contribution in [2.45, 2.75) is 0 Å². The number of fused-ring (bicyclic) bond motifs is 1. The Morgan fingerprint density at radius 3 is 0.830 bits per heavy atom. The number of hydrogen-bond acceptors (Lipinski definition) is 0. The van der Waals surface area contributed by atoms with Gasteiger partial charge in [-0.2, -0.15) is 5.47 Å². The molecule has 248 valence electrons. The van der Waals surface area contributed by atoms with E-state index in [2.05, 4.69) is 0 Å². The highest BCUT2D eigenvalue weighted by atomic mass is 35.5. The van der Waals surface area contributed by atoms with E-state index >= 15 is 35.1 Å². The van der Waals surface area contributed by atoms with Crippen molar-refractivity contribution in [1.82, 2.24) is 0 Å². The van der Waals surface area contributed by atoms with Gasteiger partial charge >= 0.3 is 0 Å². The molecule has 0 saturated carbocycles. The van der Waals surface area contributed by atoms with E-state index in [-0.39, 0.29) is 0 Å². The predicted octanol–water partition coefficient (Wildman–Crippen LogP) is 8.14. The minimum Gasteiger partial charge on any atom is -0.371 e. The molecule has 0 bridgehead atoms. The summed E-state index contributed by atoms with van der Waals surface area (Å²) in [4.78, 5) is 0. The van der Waals surface area contributed by atoms with Gasteiger partial charge in [-0.3, -0.25) is 0 Å². The van der Waals surface area contributed by atoms with Crippen molar-refractivity contribution in [3.63, 3.8) is 0 Å². The lowest BCUT2D eigenvalue weighted by molar-refractivity contribution is 0.375. The van der Waals surface area contributed by atoms with Crippen LogP contribution in [0.2, 0.25) is 0 Å². The minimum absolute atomic E-state index is 2.57. The van der Waals surface area contributed by atoms with Crippen molar-refractivity contribution < 1.29 is 83.4 Å². The summed E-state index contributed by atoms with van der Waals surface area (Å²) in [6.07, 6.45) is 0. The van der Waals surface area contributed by atoms with Crippen molar-refractivity contribution >= 4 is 39.0 Å². The van der Waals surface area contributed by atoms with E-state index in [9.17, 15) is 48.3 Å². The van der Waals surface area contributed by atoms with Crippen LogP contribution < -0.4 is 10.9 Å². The third-order valence-corrected chi connectivity index (χ3v) is 7.85. The maximum absolute atomic E-state index is 15.5. The summed E-state index contributed by atoms with van der Waals surface area (Å²) in [6, 6.07) is 0. The molecule has 0 spiro atoms. The summed E-state index contributed by atoms with van der Waals surface area (Å²) in [5, 5.41) is 0. The van der Waals surface area contributed by atoms with Gasteiger partial charge in [0, 0.05) is 5.56 Å². The van der Waals surface area contributed by atoms with Gasteiger partial charge in [0.2, 0.25) is 11.6 Å². The Kier molecular flexibility index (Phi) is 7.84. The fourth-order valence-corrected chi connectivity index (χ4v) is 5.87. The normalized spacial score (nSPS) is 16.1. The number of hydrogen-bond donors (Lipinski definition) is 0. The van der Waals surface area contributed by atoms with Gasteiger partial charge < -0.3 is 11.5 Å². The Balaban J connectivity index is 2.28. The van der Waals surface area contributed by atoms with E-state index in [0.717, 1.165) is 0 Å². The van der Waals surface area contributed by atoms with Crippen molar-refractivity contribution in [1.29, 1.82) is 0 Å². The largest absolute Gasteiger partial charge is 0.371 e. The molecule has 0 unspecified atom stereocenters. The predicted molar refractivity (Wildman–Crippen MR) is 122 cm³/mol. The van der Waals surface area contributed by atoms with Crippen LogP contribution in [0.1, 0.15) is 16.7 Å². The maximum atomic E-state index is 15.5. The molecule has 0 saturated heterocycles. The fourth-order valence-electron chi connectivity index (χ4n) is 5.25. The summed E-state index contributed by atoms with van der Waals surface area (Å²) in [6.45, 7) is 0. The van der Waals surface area contributed by atoms with E-state index in [1.807, 2.05) is 0 Å². The van der Waals surface area contributed by atoms with E-state index in [1.165, 1.54) is 0 Å². The Hall–Kier alpha value is -4.36. The van der Waals surface area contributed by atoms with Crippen LogP contribution in [-0.4, -0.2) is 5.56 Å². The van der Waals surface area contributed by atoms with Crippen molar-refractivity contribution in [3.05, 3.63) is 127 Å². The first kappa shape index (κ1) is 34.0. The van der Waals surface area contributed by atoms with E-state index in [0.29, 0.717) is 0 Å². The Morgan fingerprint density at radius 1 is 0.255 bits per heavy atom. The summed E-state index contributed by atoms with van der Waals surface area (Å²) >= 11 is 6.08. The van der Waals surface area contributed by atoms with Gasteiger partial charge in [0.15, 0.2) is 87.0 Å². The molecule has 0 amide bonds. The highest BCUT2D eigenvalue weighted by Gasteiger charge is 2.52. The first-order chi connectivity index (χ1) is 21.7. The van der Waals surface area contributed by atoms with Gasteiger partial charge in [0.1, 0.15) is 17.5 Å². The van der Waals surface area contributed by atoms with Crippen LogP contribution in [0.15, 0.2) is 0 Å². The van der Waals surface area contributed by atoms with Crippen molar-refractivity contribution in [3.8, 4) is 0 Å². The second-order valence-electron chi connectivity index (χ2n) is 9.47. The van der Waals surface area contributed by atoms with Crippen LogP contribution in [0.3, 0.4) is 0 Å². The second kappa shape index (κ2) is 10.8. The molecule has 0 aromatic heterocycles. The van der Waals surface area contributed by atoms with Crippen LogP contribution in [0, 0.1) is 111 Å². The Bertz CT molecular complexity index is 2070. The van der Waals surface area contributed by atoms with Crippen LogP contribution >= 0.6 is 11.5 Å². The molecular formula is C26BClF19-. The molecule has 0 nitrogen and oxygen atoms in total. The molecule has 0 radical (unpaired) electrons. The lowest BCUT2D eigenvalue weighted by atomic mass is 9.34. The van der Waals surface area contributed by atoms with E-state index < -0.39 is 155 Å². The highest BCUT2D eigenvalue weighted by Crippen LogP contribution is 2.51. The van der Waals surface area contributed by atoms with Gasteiger partial charge in [-0.05, 0) is 11.1 Å². The molecule has 21 heteroatoms. The summed E-state index contributed by atoms with van der Waals surface area (Å²) in [7, 11) is 0. The zero-order valence-corrected chi connectivity index (χ0v) is 21.9. The number of benzene rings is 4. The topological polar surface area (TPSA) is 0 Å². The molecule has 1 aliphatic heterocycles. The van der Waals surface area contributed by atoms with E-state index in [4.69, 9.17) is 11.5 Å². The van der Waals surface area contributed by atoms with Gasteiger partial charge in [0.25, 0.3) is 0 Å². The van der Waals surface area contributed by atoms with Crippen LogP contribution in [0.25, 0.3) is 11.0 Å². The Labute approximate surface area is 250 Å². The quantitative estimate of drug-likeness (QED) is 0.0869. The summed E-state index contributed by atoms with van der Waals surface area (Å²) in [5.41, 5.74) is -25.1. The number of rotatable bonds is 3. The third kappa shape index (κ3) is 4.15. The van der Waals surface area contributed by atoms with Crippen LogP contribution in [0.4, 0.5) is 83.4 Å². The molecule has 1 heterocycles. The second-order valence-corrected chi connectivity index (χ2v) is 10.1. The lowest BCUT2D eigenvalue weighted by Crippen LogP contribution is -2.58. The molecule has 4 aromatic rings. The van der Waals surface area contributed by atoms with Gasteiger partial charge in [-0.1, -0.05) is 0 Å². The summed E-state index contributed by atoms with van der Waals surface area (Å²) in [5.74, 6) is -60.2. The molecule has 1 atom stereocenters. The molecule has 1 aliphatic rings.